The summed E-state index contributed by atoms with van der Waals surface area (Å²) in [6.07, 6.45) is 1.70. The van der Waals surface area contributed by atoms with E-state index in [4.69, 9.17) is 5.73 Å². The smallest absolute Gasteiger partial charge is 0.137 e. The maximum Gasteiger partial charge on any atom is 0.137 e. The first-order valence-corrected chi connectivity index (χ1v) is 6.12. The largest absolute Gasteiger partial charge is 0.324 e. The first-order chi connectivity index (χ1) is 8.16. The lowest BCUT2D eigenvalue weighted by molar-refractivity contribution is 0.602. The number of hydrogen-bond acceptors (Lipinski definition) is 3. The molecule has 0 saturated carbocycles. The van der Waals surface area contributed by atoms with Gasteiger partial charge in [-0.2, -0.15) is 0 Å². The molecule has 0 radical (unpaired) electrons. The third-order valence-electron chi connectivity index (χ3n) is 2.34. The van der Waals surface area contributed by atoms with Gasteiger partial charge in [-0.1, -0.05) is 23.9 Å². The van der Waals surface area contributed by atoms with Gasteiger partial charge in [0.1, 0.15) is 10.8 Å². The van der Waals surface area contributed by atoms with Gasteiger partial charge in [-0.05, 0) is 36.8 Å². The summed E-state index contributed by atoms with van der Waals surface area (Å²) in [6, 6.07) is 10.4. The van der Waals surface area contributed by atoms with Crippen LogP contribution in [-0.4, -0.2) is 4.98 Å². The lowest BCUT2D eigenvalue weighted by atomic mass is 10.1. The van der Waals surface area contributed by atoms with Crippen molar-refractivity contribution in [2.24, 2.45) is 5.73 Å². The molecular formula is C13H13FN2S. The van der Waals surface area contributed by atoms with E-state index in [1.54, 1.807) is 24.4 Å². The lowest BCUT2D eigenvalue weighted by Gasteiger charge is -2.07. The zero-order chi connectivity index (χ0) is 12.3. The van der Waals surface area contributed by atoms with Crippen LogP contribution >= 0.6 is 11.8 Å². The van der Waals surface area contributed by atoms with Gasteiger partial charge in [0.05, 0.1) is 0 Å². The number of hydrogen-bond donors (Lipinski definition) is 1. The van der Waals surface area contributed by atoms with Crippen molar-refractivity contribution in [3.05, 3.63) is 54.0 Å². The van der Waals surface area contributed by atoms with Crippen molar-refractivity contribution in [2.75, 3.05) is 0 Å². The Hall–Kier alpha value is -1.39. The van der Waals surface area contributed by atoms with Crippen LogP contribution in [0.1, 0.15) is 18.5 Å². The lowest BCUT2D eigenvalue weighted by Crippen LogP contribution is -2.04. The molecule has 0 amide bonds. The third kappa shape index (κ3) is 3.05. The first kappa shape index (κ1) is 12.1. The Balaban J connectivity index is 2.25. The van der Waals surface area contributed by atoms with Gasteiger partial charge in [0.15, 0.2) is 0 Å². The monoisotopic (exact) mass is 248 g/mol. The molecule has 0 saturated heterocycles. The van der Waals surface area contributed by atoms with E-state index >= 15 is 0 Å². The molecule has 0 fully saturated rings. The fraction of sp³-hybridized carbons (Fsp3) is 0.154. The van der Waals surface area contributed by atoms with Crippen LogP contribution in [0, 0.1) is 5.82 Å². The minimum Gasteiger partial charge on any atom is -0.324 e. The molecular weight excluding hydrogens is 235 g/mol. The fourth-order valence-corrected chi connectivity index (χ4v) is 2.25. The van der Waals surface area contributed by atoms with E-state index in [0.717, 1.165) is 10.6 Å². The molecule has 0 unspecified atom stereocenters. The normalized spacial score (nSPS) is 12.4. The van der Waals surface area contributed by atoms with Crippen molar-refractivity contribution in [3.63, 3.8) is 0 Å². The van der Waals surface area contributed by atoms with Gasteiger partial charge >= 0.3 is 0 Å². The van der Waals surface area contributed by atoms with Crippen LogP contribution in [0.5, 0.6) is 0 Å². The molecule has 1 heterocycles. The summed E-state index contributed by atoms with van der Waals surface area (Å²) >= 11 is 1.30. The van der Waals surface area contributed by atoms with E-state index in [2.05, 4.69) is 4.98 Å². The molecule has 0 aliphatic rings. The van der Waals surface area contributed by atoms with Crippen LogP contribution in [0.2, 0.25) is 0 Å². The van der Waals surface area contributed by atoms with Gasteiger partial charge in [-0.15, -0.1) is 0 Å². The van der Waals surface area contributed by atoms with E-state index in [1.165, 1.54) is 17.8 Å². The molecule has 88 valence electrons. The zero-order valence-corrected chi connectivity index (χ0v) is 10.2. The maximum atomic E-state index is 13.5. The second kappa shape index (κ2) is 5.29. The van der Waals surface area contributed by atoms with E-state index in [0.29, 0.717) is 4.90 Å². The number of aromatic nitrogens is 1. The summed E-state index contributed by atoms with van der Waals surface area (Å²) in [5.74, 6) is -0.231. The molecule has 2 rings (SSSR count). The summed E-state index contributed by atoms with van der Waals surface area (Å²) in [6.45, 7) is 1.91. The van der Waals surface area contributed by atoms with Crippen molar-refractivity contribution in [3.8, 4) is 0 Å². The summed E-state index contributed by atoms with van der Waals surface area (Å²) in [7, 11) is 0. The average molecular weight is 248 g/mol. The highest BCUT2D eigenvalue weighted by atomic mass is 32.2. The highest BCUT2D eigenvalue weighted by Gasteiger charge is 2.06. The summed E-state index contributed by atoms with van der Waals surface area (Å²) in [4.78, 5) is 4.77. The molecule has 1 aromatic heterocycles. The van der Waals surface area contributed by atoms with Crippen LogP contribution in [-0.2, 0) is 0 Å². The van der Waals surface area contributed by atoms with Crippen LogP contribution in [0.3, 0.4) is 0 Å². The number of nitrogens with zero attached hydrogens (tertiary/aromatic N) is 1. The Labute approximate surface area is 104 Å². The highest BCUT2D eigenvalue weighted by molar-refractivity contribution is 7.99. The van der Waals surface area contributed by atoms with Gasteiger partial charge in [-0.3, -0.25) is 0 Å². The molecule has 1 atom stereocenters. The minimum atomic E-state index is -0.231. The predicted octanol–water partition coefficient (Wildman–Crippen LogP) is 3.39. The third-order valence-corrected chi connectivity index (χ3v) is 3.32. The van der Waals surface area contributed by atoms with Crippen LogP contribution in [0.25, 0.3) is 0 Å². The molecule has 17 heavy (non-hydrogen) atoms. The van der Waals surface area contributed by atoms with Gasteiger partial charge in [0.25, 0.3) is 0 Å². The minimum absolute atomic E-state index is 0.0435. The maximum absolute atomic E-state index is 13.5. The number of halogens is 1. The van der Waals surface area contributed by atoms with E-state index in [9.17, 15) is 4.39 Å². The molecule has 2 nitrogen and oxygen atoms in total. The van der Waals surface area contributed by atoms with Crippen molar-refractivity contribution in [1.82, 2.24) is 4.98 Å². The number of pyridine rings is 1. The first-order valence-electron chi connectivity index (χ1n) is 5.31. The molecule has 2 N–H and O–H groups in total. The van der Waals surface area contributed by atoms with E-state index in [-0.39, 0.29) is 11.9 Å². The SMILES string of the molecule is C[C@@H](N)c1ccnc(Sc2ccccc2F)c1. The van der Waals surface area contributed by atoms with E-state index < -0.39 is 0 Å². The second-order valence-corrected chi connectivity index (χ2v) is 4.81. The standard InChI is InChI=1S/C13H13FN2S/c1-9(15)10-6-7-16-13(8-10)17-12-5-3-2-4-11(12)14/h2-9H,15H2,1H3/t9-/m1/s1. The molecule has 0 aliphatic heterocycles. The van der Waals surface area contributed by atoms with Crippen LogP contribution < -0.4 is 5.73 Å². The van der Waals surface area contributed by atoms with Crippen molar-refractivity contribution < 1.29 is 4.39 Å². The summed E-state index contributed by atoms with van der Waals surface area (Å²) in [5, 5.41) is 0.755. The second-order valence-electron chi connectivity index (χ2n) is 3.75. The van der Waals surface area contributed by atoms with Crippen LogP contribution in [0.4, 0.5) is 4.39 Å². The van der Waals surface area contributed by atoms with Gasteiger partial charge < -0.3 is 5.73 Å². The Morgan fingerprint density at radius 2 is 2.06 bits per heavy atom. The van der Waals surface area contributed by atoms with Crippen molar-refractivity contribution in [2.45, 2.75) is 22.9 Å². The van der Waals surface area contributed by atoms with Crippen molar-refractivity contribution in [1.29, 1.82) is 0 Å². The zero-order valence-electron chi connectivity index (χ0n) is 9.43. The molecule has 0 aliphatic carbocycles. The number of rotatable bonds is 3. The highest BCUT2D eigenvalue weighted by Crippen LogP contribution is 2.29. The molecule has 0 spiro atoms. The van der Waals surface area contributed by atoms with Gasteiger partial charge in [0, 0.05) is 17.1 Å². The Morgan fingerprint density at radius 3 is 2.76 bits per heavy atom. The number of nitrogens with two attached hydrogens (primary N) is 1. The fourth-order valence-electron chi connectivity index (χ4n) is 1.40. The van der Waals surface area contributed by atoms with Gasteiger partial charge in [0.2, 0.25) is 0 Å². The Bertz CT molecular complexity index is 514. The quantitative estimate of drug-likeness (QED) is 0.905. The Kier molecular flexibility index (Phi) is 3.76. The molecule has 2 aromatic rings. The predicted molar refractivity (Wildman–Crippen MR) is 67.4 cm³/mol. The molecule has 0 bridgehead atoms. The summed E-state index contributed by atoms with van der Waals surface area (Å²) in [5.41, 5.74) is 6.79. The Morgan fingerprint density at radius 1 is 1.29 bits per heavy atom. The molecule has 4 heteroatoms. The van der Waals surface area contributed by atoms with Crippen molar-refractivity contribution >= 4 is 11.8 Å². The van der Waals surface area contributed by atoms with Crippen LogP contribution in [0.15, 0.2) is 52.5 Å². The number of benzene rings is 1. The average Bonchev–Trinajstić information content (AvgIpc) is 2.32. The van der Waals surface area contributed by atoms with E-state index in [1.807, 2.05) is 19.1 Å². The van der Waals surface area contributed by atoms with Gasteiger partial charge in [-0.25, -0.2) is 9.37 Å². The summed E-state index contributed by atoms with van der Waals surface area (Å²) < 4.78 is 13.5. The molecule has 1 aromatic carbocycles. The topological polar surface area (TPSA) is 38.9 Å².